The van der Waals surface area contributed by atoms with Crippen LogP contribution in [-0.2, 0) is 25.9 Å². The molecule has 33 heavy (non-hydrogen) atoms. The molecule has 1 fully saturated rings. The van der Waals surface area contributed by atoms with Crippen LogP contribution in [-0.4, -0.2) is 62.5 Å². The number of hydrogen-bond acceptors (Lipinski definition) is 7. The van der Waals surface area contributed by atoms with Crippen molar-refractivity contribution in [3.05, 3.63) is 41.6 Å². The lowest BCUT2D eigenvalue weighted by atomic mass is 10.0. The van der Waals surface area contributed by atoms with E-state index in [4.69, 9.17) is 14.7 Å². The van der Waals surface area contributed by atoms with E-state index in [1.165, 1.54) is 6.26 Å². The summed E-state index contributed by atoms with van der Waals surface area (Å²) in [5.41, 5.74) is 4.95. The molecule has 0 bridgehead atoms. The number of H-pyrrole nitrogens is 1. The smallest absolute Gasteiger partial charge is 0.156 e. The minimum Gasteiger partial charge on any atom is -0.377 e. The van der Waals surface area contributed by atoms with Crippen LogP contribution < -0.4 is 10.2 Å². The number of hydrogen-bond donors (Lipinski definition) is 2. The second-order valence-electron chi connectivity index (χ2n) is 9.17. The van der Waals surface area contributed by atoms with Gasteiger partial charge in [0.25, 0.3) is 0 Å². The van der Waals surface area contributed by atoms with E-state index < -0.39 is 14.6 Å². The maximum atomic E-state index is 12.7. The Morgan fingerprint density at radius 1 is 1.21 bits per heavy atom. The van der Waals surface area contributed by atoms with Crippen LogP contribution in [0.15, 0.2) is 30.3 Å². The molecule has 0 unspecified atom stereocenters. The number of nitrogens with one attached hydrogen (secondary N) is 2. The number of sulfone groups is 1. The first-order chi connectivity index (χ1) is 15.6. The van der Waals surface area contributed by atoms with E-state index in [-0.39, 0.29) is 6.04 Å². The zero-order chi connectivity index (χ0) is 23.8. The molecular weight excluding hydrogens is 438 g/mol. The molecule has 0 saturated carbocycles. The van der Waals surface area contributed by atoms with Crippen molar-refractivity contribution in [1.29, 1.82) is 0 Å². The predicted octanol–water partition coefficient (Wildman–Crippen LogP) is 3.24. The van der Waals surface area contributed by atoms with Crippen molar-refractivity contribution in [2.45, 2.75) is 44.5 Å². The van der Waals surface area contributed by atoms with Gasteiger partial charge in [0.1, 0.15) is 5.82 Å². The lowest BCUT2D eigenvalue weighted by Crippen LogP contribution is -2.45. The SMILES string of the molecule is CC[C@H]1COCCN1c1cc(C(C)(C)S(C)(=O)=O)cc(-c2ccc3[nH]c(CNC)cc3n2)n1. The summed E-state index contributed by atoms with van der Waals surface area (Å²) < 4.78 is 29.9. The largest absolute Gasteiger partial charge is 0.377 e. The molecule has 9 heteroatoms. The van der Waals surface area contributed by atoms with Crippen LogP contribution in [0, 0.1) is 0 Å². The molecular formula is C24H33N5O3S. The summed E-state index contributed by atoms with van der Waals surface area (Å²) in [6.45, 7) is 8.31. The maximum absolute atomic E-state index is 12.7. The number of ether oxygens (including phenoxy) is 1. The molecule has 3 aromatic rings. The molecule has 2 N–H and O–H groups in total. The van der Waals surface area contributed by atoms with E-state index in [9.17, 15) is 8.42 Å². The predicted molar refractivity (Wildman–Crippen MR) is 132 cm³/mol. The van der Waals surface area contributed by atoms with Crippen LogP contribution in [0.1, 0.15) is 38.4 Å². The number of nitrogens with zero attached hydrogens (tertiary/aromatic N) is 3. The zero-order valence-corrected chi connectivity index (χ0v) is 20.8. The summed E-state index contributed by atoms with van der Waals surface area (Å²) in [4.78, 5) is 15.4. The standard InChI is InChI=1S/C24H33N5O3S/c1-6-18-15-32-10-9-29(18)23-12-16(24(2,3)33(5,30)31)11-21(28-23)20-8-7-19-22(27-20)13-17(26-19)14-25-4/h7-8,11-13,18,25-26H,6,9-10,14-15H2,1-5H3/t18-/m0/s1. The average molecular weight is 472 g/mol. The molecule has 0 radical (unpaired) electrons. The molecule has 3 aromatic heterocycles. The highest BCUT2D eigenvalue weighted by Gasteiger charge is 2.34. The Hall–Kier alpha value is -2.49. The molecule has 0 spiro atoms. The zero-order valence-electron chi connectivity index (χ0n) is 20.0. The highest BCUT2D eigenvalue weighted by Crippen LogP contribution is 2.35. The summed E-state index contributed by atoms with van der Waals surface area (Å²) in [5.74, 6) is 0.765. The van der Waals surface area contributed by atoms with Gasteiger partial charge in [0.2, 0.25) is 0 Å². The molecule has 4 rings (SSSR count). The number of pyridine rings is 2. The Kier molecular flexibility index (Phi) is 6.48. The van der Waals surface area contributed by atoms with Crippen LogP contribution >= 0.6 is 0 Å². The fourth-order valence-electron chi connectivity index (χ4n) is 4.14. The Morgan fingerprint density at radius 3 is 2.70 bits per heavy atom. The van der Waals surface area contributed by atoms with Gasteiger partial charge < -0.3 is 19.9 Å². The number of morpholine rings is 1. The van der Waals surface area contributed by atoms with Gasteiger partial charge in [0.15, 0.2) is 9.84 Å². The minimum atomic E-state index is -3.36. The Labute approximate surface area is 195 Å². The lowest BCUT2D eigenvalue weighted by Gasteiger charge is -2.37. The molecule has 1 aliphatic heterocycles. The molecule has 0 amide bonds. The van der Waals surface area contributed by atoms with Crippen molar-refractivity contribution in [3.8, 4) is 11.4 Å². The first-order valence-electron chi connectivity index (χ1n) is 11.3. The van der Waals surface area contributed by atoms with Crippen LogP contribution in [0.3, 0.4) is 0 Å². The highest BCUT2D eigenvalue weighted by molar-refractivity contribution is 7.91. The van der Waals surface area contributed by atoms with Crippen LogP contribution in [0.2, 0.25) is 0 Å². The van der Waals surface area contributed by atoms with Gasteiger partial charge >= 0.3 is 0 Å². The van der Waals surface area contributed by atoms with Gasteiger partial charge in [0, 0.05) is 25.0 Å². The Balaban J connectivity index is 1.86. The molecule has 178 valence electrons. The van der Waals surface area contributed by atoms with E-state index in [2.05, 4.69) is 22.1 Å². The van der Waals surface area contributed by atoms with Crippen molar-refractivity contribution < 1.29 is 13.2 Å². The lowest BCUT2D eigenvalue weighted by molar-refractivity contribution is 0.0925. The number of aromatic amines is 1. The normalized spacial score (nSPS) is 17.6. The molecule has 1 saturated heterocycles. The maximum Gasteiger partial charge on any atom is 0.156 e. The van der Waals surface area contributed by atoms with Gasteiger partial charge in [-0.3, -0.25) is 0 Å². The van der Waals surface area contributed by atoms with Crippen molar-refractivity contribution in [3.63, 3.8) is 0 Å². The van der Waals surface area contributed by atoms with Gasteiger partial charge in [-0.1, -0.05) is 6.92 Å². The molecule has 4 heterocycles. The molecule has 1 atom stereocenters. The number of anilines is 1. The van der Waals surface area contributed by atoms with E-state index in [0.717, 1.165) is 35.5 Å². The van der Waals surface area contributed by atoms with Crippen LogP contribution in [0.5, 0.6) is 0 Å². The number of rotatable bonds is 7. The second-order valence-corrected chi connectivity index (χ2v) is 11.7. The Bertz CT molecular complexity index is 1250. The second kappa shape index (κ2) is 9.04. The fourth-order valence-corrected chi connectivity index (χ4v) is 4.69. The van der Waals surface area contributed by atoms with E-state index in [1.807, 2.05) is 37.4 Å². The Morgan fingerprint density at radius 2 is 2.00 bits per heavy atom. The summed E-state index contributed by atoms with van der Waals surface area (Å²) in [6.07, 6.45) is 2.20. The third-order valence-electron chi connectivity index (χ3n) is 6.59. The molecule has 1 aliphatic rings. The third-order valence-corrected chi connectivity index (χ3v) is 8.68. The van der Waals surface area contributed by atoms with Gasteiger partial charge in [-0.2, -0.15) is 0 Å². The number of aromatic nitrogens is 3. The quantitative estimate of drug-likeness (QED) is 0.546. The topological polar surface area (TPSA) is 100 Å². The van der Waals surface area contributed by atoms with E-state index in [1.54, 1.807) is 13.8 Å². The molecule has 8 nitrogen and oxygen atoms in total. The first kappa shape index (κ1) is 23.7. The van der Waals surface area contributed by atoms with Crippen LogP contribution in [0.4, 0.5) is 5.82 Å². The minimum absolute atomic E-state index is 0.194. The van der Waals surface area contributed by atoms with Crippen molar-refractivity contribution in [1.82, 2.24) is 20.3 Å². The third kappa shape index (κ3) is 4.62. The molecule has 0 aromatic carbocycles. The van der Waals surface area contributed by atoms with Gasteiger partial charge in [-0.05, 0) is 63.2 Å². The fraction of sp³-hybridized carbons (Fsp3) is 0.500. The van der Waals surface area contributed by atoms with Crippen molar-refractivity contribution in [2.75, 3.05) is 38.0 Å². The summed E-state index contributed by atoms with van der Waals surface area (Å²) in [5, 5.41) is 3.14. The summed E-state index contributed by atoms with van der Waals surface area (Å²) in [7, 11) is -1.46. The van der Waals surface area contributed by atoms with E-state index in [0.29, 0.717) is 36.7 Å². The van der Waals surface area contributed by atoms with Crippen LogP contribution in [0.25, 0.3) is 22.4 Å². The molecule has 0 aliphatic carbocycles. The summed E-state index contributed by atoms with van der Waals surface area (Å²) in [6, 6.07) is 9.92. The summed E-state index contributed by atoms with van der Waals surface area (Å²) >= 11 is 0. The monoisotopic (exact) mass is 471 g/mol. The van der Waals surface area contributed by atoms with E-state index >= 15 is 0 Å². The number of fused-ring (bicyclic) bond motifs is 1. The average Bonchev–Trinajstić information content (AvgIpc) is 3.20. The van der Waals surface area contributed by atoms with Crippen molar-refractivity contribution >= 4 is 26.7 Å². The highest BCUT2D eigenvalue weighted by atomic mass is 32.2. The van der Waals surface area contributed by atoms with Gasteiger partial charge in [-0.25, -0.2) is 18.4 Å². The first-order valence-corrected chi connectivity index (χ1v) is 13.2. The van der Waals surface area contributed by atoms with Gasteiger partial charge in [-0.15, -0.1) is 0 Å². The van der Waals surface area contributed by atoms with Crippen molar-refractivity contribution in [2.24, 2.45) is 0 Å². The van der Waals surface area contributed by atoms with Gasteiger partial charge in [0.05, 0.1) is 46.4 Å².